The van der Waals surface area contributed by atoms with Crippen LogP contribution in [0.25, 0.3) is 0 Å². The van der Waals surface area contributed by atoms with Gasteiger partial charge in [0.1, 0.15) is 0 Å². The summed E-state index contributed by atoms with van der Waals surface area (Å²) >= 11 is 0. The molecule has 1 fully saturated rings. The lowest BCUT2D eigenvalue weighted by Crippen LogP contribution is -2.46. The van der Waals surface area contributed by atoms with Crippen molar-refractivity contribution in [2.45, 2.75) is 58.5 Å². The SMILES string of the molecule is CCN(CCNC(=O)NC1CCC(CO)CC1)C(C)C. The van der Waals surface area contributed by atoms with Gasteiger partial charge in [0.15, 0.2) is 0 Å². The number of aliphatic hydroxyl groups is 1. The summed E-state index contributed by atoms with van der Waals surface area (Å²) in [6, 6.07) is 0.723. The van der Waals surface area contributed by atoms with Gasteiger partial charge >= 0.3 is 6.03 Å². The largest absolute Gasteiger partial charge is 0.396 e. The Labute approximate surface area is 123 Å². The van der Waals surface area contributed by atoms with Gasteiger partial charge in [0.05, 0.1) is 0 Å². The fraction of sp³-hybridized carbons (Fsp3) is 0.933. The molecular weight excluding hydrogens is 254 g/mol. The van der Waals surface area contributed by atoms with Crippen molar-refractivity contribution in [2.75, 3.05) is 26.2 Å². The third kappa shape index (κ3) is 6.09. The zero-order valence-electron chi connectivity index (χ0n) is 13.2. The molecule has 0 aromatic carbocycles. The lowest BCUT2D eigenvalue weighted by molar-refractivity contribution is 0.174. The fourth-order valence-electron chi connectivity index (χ4n) is 2.82. The third-order valence-corrected chi connectivity index (χ3v) is 4.26. The molecule has 1 aliphatic rings. The van der Waals surface area contributed by atoms with E-state index in [0.29, 0.717) is 18.5 Å². The molecule has 0 aliphatic heterocycles. The van der Waals surface area contributed by atoms with Crippen molar-refractivity contribution >= 4 is 6.03 Å². The van der Waals surface area contributed by atoms with E-state index in [1.165, 1.54) is 0 Å². The molecule has 0 aromatic rings. The highest BCUT2D eigenvalue weighted by atomic mass is 16.3. The Morgan fingerprint density at radius 3 is 2.45 bits per heavy atom. The average Bonchev–Trinajstić information content (AvgIpc) is 2.44. The predicted octanol–water partition coefficient (Wildman–Crippen LogP) is 1.57. The van der Waals surface area contributed by atoms with Crippen LogP contribution in [0, 0.1) is 5.92 Å². The number of likely N-dealkylation sites (N-methyl/N-ethyl adjacent to an activating group) is 1. The molecule has 0 heterocycles. The van der Waals surface area contributed by atoms with Crippen LogP contribution in [-0.2, 0) is 0 Å². The minimum Gasteiger partial charge on any atom is -0.396 e. The van der Waals surface area contributed by atoms with Crippen molar-refractivity contribution in [3.05, 3.63) is 0 Å². The van der Waals surface area contributed by atoms with Crippen LogP contribution in [0.3, 0.4) is 0 Å². The van der Waals surface area contributed by atoms with Crippen LogP contribution in [0.5, 0.6) is 0 Å². The van der Waals surface area contributed by atoms with Gasteiger partial charge in [-0.05, 0) is 52.0 Å². The van der Waals surface area contributed by atoms with E-state index < -0.39 is 0 Å². The van der Waals surface area contributed by atoms with E-state index in [9.17, 15) is 4.79 Å². The van der Waals surface area contributed by atoms with Crippen molar-refractivity contribution in [1.29, 1.82) is 0 Å². The lowest BCUT2D eigenvalue weighted by atomic mass is 9.87. The van der Waals surface area contributed by atoms with Gasteiger partial charge in [-0.1, -0.05) is 6.92 Å². The first-order valence-corrected chi connectivity index (χ1v) is 7.96. The van der Waals surface area contributed by atoms with Gasteiger partial charge < -0.3 is 15.7 Å². The quantitative estimate of drug-likeness (QED) is 0.665. The van der Waals surface area contributed by atoms with E-state index in [2.05, 4.69) is 36.3 Å². The van der Waals surface area contributed by atoms with E-state index in [1.54, 1.807) is 0 Å². The summed E-state index contributed by atoms with van der Waals surface area (Å²) in [5.74, 6) is 0.431. The van der Waals surface area contributed by atoms with Crippen molar-refractivity contribution < 1.29 is 9.90 Å². The molecule has 5 heteroatoms. The van der Waals surface area contributed by atoms with Gasteiger partial charge in [0, 0.05) is 31.8 Å². The molecule has 20 heavy (non-hydrogen) atoms. The molecule has 1 aliphatic carbocycles. The van der Waals surface area contributed by atoms with E-state index in [1.807, 2.05) is 0 Å². The van der Waals surface area contributed by atoms with Crippen LogP contribution in [-0.4, -0.2) is 54.4 Å². The number of carbonyl (C=O) groups excluding carboxylic acids is 1. The smallest absolute Gasteiger partial charge is 0.315 e. The molecule has 1 saturated carbocycles. The molecule has 0 radical (unpaired) electrons. The van der Waals surface area contributed by atoms with Crippen molar-refractivity contribution in [1.82, 2.24) is 15.5 Å². The molecule has 0 spiro atoms. The standard InChI is InChI=1S/C15H31N3O2/c1-4-18(12(2)3)10-9-16-15(20)17-14-7-5-13(11-19)6-8-14/h12-14,19H,4-11H2,1-3H3,(H2,16,17,20). The summed E-state index contributed by atoms with van der Waals surface area (Å²) in [6.45, 7) is 9.34. The number of nitrogens with one attached hydrogen (secondary N) is 2. The van der Waals surface area contributed by atoms with Gasteiger partial charge in [-0.2, -0.15) is 0 Å². The van der Waals surface area contributed by atoms with Crippen molar-refractivity contribution in [2.24, 2.45) is 5.92 Å². The second kappa shape index (κ2) is 9.19. The summed E-state index contributed by atoms with van der Waals surface area (Å²) in [6.07, 6.45) is 3.98. The minimum atomic E-state index is -0.0581. The summed E-state index contributed by atoms with van der Waals surface area (Å²) in [7, 11) is 0. The van der Waals surface area contributed by atoms with Crippen molar-refractivity contribution in [3.8, 4) is 0 Å². The number of hydrogen-bond donors (Lipinski definition) is 3. The highest BCUT2D eigenvalue weighted by Gasteiger charge is 2.21. The van der Waals surface area contributed by atoms with Crippen LogP contribution >= 0.6 is 0 Å². The highest BCUT2D eigenvalue weighted by molar-refractivity contribution is 5.74. The van der Waals surface area contributed by atoms with E-state index in [-0.39, 0.29) is 18.7 Å². The molecular formula is C15H31N3O2. The summed E-state index contributed by atoms with van der Waals surface area (Å²) < 4.78 is 0. The number of hydrogen-bond acceptors (Lipinski definition) is 3. The monoisotopic (exact) mass is 285 g/mol. The van der Waals surface area contributed by atoms with E-state index in [0.717, 1.165) is 38.8 Å². The second-order valence-corrected chi connectivity index (χ2v) is 6.02. The highest BCUT2D eigenvalue weighted by Crippen LogP contribution is 2.23. The normalized spacial score (nSPS) is 23.1. The first kappa shape index (κ1) is 17.2. The number of rotatable bonds is 7. The molecule has 3 N–H and O–H groups in total. The van der Waals surface area contributed by atoms with Crippen LogP contribution in [0.2, 0.25) is 0 Å². The molecule has 0 unspecified atom stereocenters. The van der Waals surface area contributed by atoms with Crippen LogP contribution < -0.4 is 10.6 Å². The maximum absolute atomic E-state index is 11.8. The zero-order valence-corrected chi connectivity index (χ0v) is 13.2. The fourth-order valence-corrected chi connectivity index (χ4v) is 2.82. The lowest BCUT2D eigenvalue weighted by Gasteiger charge is -2.28. The molecule has 5 nitrogen and oxygen atoms in total. The number of urea groups is 1. The van der Waals surface area contributed by atoms with Gasteiger partial charge in [-0.3, -0.25) is 4.90 Å². The van der Waals surface area contributed by atoms with Gasteiger partial charge in [-0.15, -0.1) is 0 Å². The summed E-state index contributed by atoms with van der Waals surface area (Å²) in [5.41, 5.74) is 0. The van der Waals surface area contributed by atoms with Crippen molar-refractivity contribution in [3.63, 3.8) is 0 Å². The van der Waals surface area contributed by atoms with Crippen LogP contribution in [0.15, 0.2) is 0 Å². The first-order valence-electron chi connectivity index (χ1n) is 7.96. The molecule has 0 saturated heterocycles. The van der Waals surface area contributed by atoms with Gasteiger partial charge in [-0.25, -0.2) is 4.79 Å². The Balaban J connectivity index is 2.14. The Bertz CT molecular complexity index is 276. The summed E-state index contributed by atoms with van der Waals surface area (Å²) in [4.78, 5) is 14.1. The molecule has 1 rings (SSSR count). The van der Waals surface area contributed by atoms with E-state index >= 15 is 0 Å². The average molecular weight is 285 g/mol. The molecule has 0 atom stereocenters. The number of nitrogens with zero attached hydrogens (tertiary/aromatic N) is 1. The van der Waals surface area contributed by atoms with Gasteiger partial charge in [0.2, 0.25) is 0 Å². The molecule has 2 amide bonds. The first-order chi connectivity index (χ1) is 9.56. The van der Waals surface area contributed by atoms with Gasteiger partial charge in [0.25, 0.3) is 0 Å². The Kier molecular flexibility index (Phi) is 7.92. The van der Waals surface area contributed by atoms with Crippen LogP contribution in [0.4, 0.5) is 4.79 Å². The third-order valence-electron chi connectivity index (χ3n) is 4.26. The molecule has 0 bridgehead atoms. The molecule has 0 aromatic heterocycles. The summed E-state index contributed by atoms with van der Waals surface area (Å²) in [5, 5.41) is 15.1. The maximum Gasteiger partial charge on any atom is 0.315 e. The van der Waals surface area contributed by atoms with Crippen LogP contribution in [0.1, 0.15) is 46.5 Å². The predicted molar refractivity (Wildman–Crippen MR) is 81.7 cm³/mol. The number of aliphatic hydroxyl groups excluding tert-OH is 1. The Hall–Kier alpha value is -0.810. The molecule has 118 valence electrons. The number of amides is 2. The topological polar surface area (TPSA) is 64.6 Å². The maximum atomic E-state index is 11.8. The van der Waals surface area contributed by atoms with E-state index in [4.69, 9.17) is 5.11 Å². The second-order valence-electron chi connectivity index (χ2n) is 6.02. The Morgan fingerprint density at radius 1 is 1.30 bits per heavy atom. The Morgan fingerprint density at radius 2 is 1.95 bits per heavy atom. The minimum absolute atomic E-state index is 0.0581. The number of carbonyl (C=O) groups is 1. The zero-order chi connectivity index (χ0) is 15.0.